The molecule has 0 radical (unpaired) electrons. The van der Waals surface area contributed by atoms with Crippen LogP contribution >= 0.6 is 0 Å². The highest BCUT2D eigenvalue weighted by Crippen LogP contribution is 2.17. The van der Waals surface area contributed by atoms with E-state index in [-0.39, 0.29) is 17.7 Å². The van der Waals surface area contributed by atoms with Crippen LogP contribution in [0.15, 0.2) is 29.4 Å². The third-order valence-electron chi connectivity index (χ3n) is 2.14. The van der Waals surface area contributed by atoms with Crippen molar-refractivity contribution in [2.45, 2.75) is 6.92 Å². The molecule has 0 saturated heterocycles. The minimum Gasteiger partial charge on any atom is -0.317 e. The predicted octanol–water partition coefficient (Wildman–Crippen LogP) is 1.72. The van der Waals surface area contributed by atoms with E-state index in [4.69, 9.17) is 0 Å². The maximum atomic E-state index is 12.6. The molecule has 0 fully saturated rings. The van der Waals surface area contributed by atoms with Gasteiger partial charge in [-0.2, -0.15) is 0 Å². The van der Waals surface area contributed by atoms with Gasteiger partial charge < -0.3 is 4.84 Å². The fourth-order valence-electron chi connectivity index (χ4n) is 1.29. The molecule has 0 aliphatic carbocycles. The van der Waals surface area contributed by atoms with E-state index in [9.17, 15) is 9.18 Å². The minimum absolute atomic E-state index is 0.313. The third-order valence-corrected chi connectivity index (χ3v) is 2.14. The van der Waals surface area contributed by atoms with Crippen LogP contribution in [0.5, 0.6) is 0 Å². The Balaban J connectivity index is 2.33. The zero-order valence-electron chi connectivity index (χ0n) is 7.53. The lowest BCUT2D eigenvalue weighted by atomic mass is 9.99. The van der Waals surface area contributed by atoms with E-state index >= 15 is 0 Å². The van der Waals surface area contributed by atoms with Crippen LogP contribution in [-0.4, -0.2) is 11.7 Å². The van der Waals surface area contributed by atoms with Crippen LogP contribution in [0, 0.1) is 11.7 Å². The summed E-state index contributed by atoms with van der Waals surface area (Å²) >= 11 is 0. The maximum Gasteiger partial charge on any atom is 0.343 e. The molecule has 0 amide bonds. The average Bonchev–Trinajstić information content (AvgIpc) is 2.50. The highest BCUT2D eigenvalue weighted by molar-refractivity contribution is 6.13. The number of halogens is 1. The van der Waals surface area contributed by atoms with Gasteiger partial charge in [0.25, 0.3) is 0 Å². The number of nitrogens with zero attached hydrogens (tertiary/aromatic N) is 1. The molecule has 0 bridgehead atoms. The van der Waals surface area contributed by atoms with Crippen molar-refractivity contribution in [3.8, 4) is 0 Å². The van der Waals surface area contributed by atoms with E-state index in [0.29, 0.717) is 11.3 Å². The molecule has 4 heteroatoms. The number of hydrogen-bond donors (Lipinski definition) is 0. The molecule has 3 nitrogen and oxygen atoms in total. The highest BCUT2D eigenvalue weighted by Gasteiger charge is 2.28. The van der Waals surface area contributed by atoms with Crippen LogP contribution in [0.1, 0.15) is 12.5 Å². The average molecular weight is 193 g/mol. The molecule has 1 atom stereocenters. The number of carbonyl (C=O) groups excluding carboxylic acids is 1. The fraction of sp³-hybridized carbons (Fsp3) is 0.200. The van der Waals surface area contributed by atoms with Crippen LogP contribution in [0.3, 0.4) is 0 Å². The van der Waals surface area contributed by atoms with Crippen molar-refractivity contribution >= 4 is 11.7 Å². The van der Waals surface area contributed by atoms with E-state index in [1.165, 1.54) is 12.1 Å². The van der Waals surface area contributed by atoms with Crippen molar-refractivity contribution in [3.63, 3.8) is 0 Å². The summed E-state index contributed by atoms with van der Waals surface area (Å²) < 4.78 is 12.6. The second kappa shape index (κ2) is 3.21. The molecule has 1 aromatic carbocycles. The molecule has 0 saturated carbocycles. The zero-order chi connectivity index (χ0) is 10.1. The lowest BCUT2D eigenvalue weighted by Gasteiger charge is -2.01. The normalized spacial score (nSPS) is 20.6. The van der Waals surface area contributed by atoms with Crippen LogP contribution in [0.4, 0.5) is 4.39 Å². The molecule has 1 aliphatic heterocycles. The van der Waals surface area contributed by atoms with Crippen LogP contribution in [0.25, 0.3) is 0 Å². The molecular weight excluding hydrogens is 185 g/mol. The first-order chi connectivity index (χ1) is 6.68. The Morgan fingerprint density at radius 1 is 1.36 bits per heavy atom. The van der Waals surface area contributed by atoms with Gasteiger partial charge in [-0.05, 0) is 19.1 Å². The molecule has 0 aromatic heterocycles. The van der Waals surface area contributed by atoms with Crippen LogP contribution < -0.4 is 0 Å². The van der Waals surface area contributed by atoms with Crippen molar-refractivity contribution in [2.24, 2.45) is 11.1 Å². The molecule has 2 rings (SSSR count). The zero-order valence-corrected chi connectivity index (χ0v) is 7.53. The van der Waals surface area contributed by atoms with Gasteiger partial charge in [-0.25, -0.2) is 9.18 Å². The first kappa shape index (κ1) is 8.87. The fourth-order valence-corrected chi connectivity index (χ4v) is 1.29. The SMILES string of the molecule is CC1C(=O)ON=C1c1ccc(F)cc1. The molecule has 72 valence electrons. The molecule has 1 aliphatic rings. The molecular formula is C10H8FNO2. The molecule has 14 heavy (non-hydrogen) atoms. The first-order valence-corrected chi connectivity index (χ1v) is 4.23. The summed E-state index contributed by atoms with van der Waals surface area (Å²) in [7, 11) is 0. The van der Waals surface area contributed by atoms with Gasteiger partial charge >= 0.3 is 5.97 Å². The summed E-state index contributed by atoms with van der Waals surface area (Å²) in [6.07, 6.45) is 0. The summed E-state index contributed by atoms with van der Waals surface area (Å²) in [5.41, 5.74) is 1.26. The lowest BCUT2D eigenvalue weighted by Crippen LogP contribution is -2.15. The van der Waals surface area contributed by atoms with Crippen LogP contribution in [-0.2, 0) is 9.63 Å². The summed E-state index contributed by atoms with van der Waals surface area (Å²) in [6.45, 7) is 1.71. The second-order valence-corrected chi connectivity index (χ2v) is 3.12. The Morgan fingerprint density at radius 2 is 2.00 bits per heavy atom. The van der Waals surface area contributed by atoms with E-state index in [0.717, 1.165) is 0 Å². The summed E-state index contributed by atoms with van der Waals surface area (Å²) in [4.78, 5) is 15.5. The molecule has 0 N–H and O–H groups in total. The summed E-state index contributed by atoms with van der Waals surface area (Å²) in [6, 6.07) is 5.81. The summed E-state index contributed by atoms with van der Waals surface area (Å²) in [5.74, 6) is -1.06. The minimum atomic E-state index is -0.375. The quantitative estimate of drug-likeness (QED) is 0.637. The Morgan fingerprint density at radius 3 is 2.50 bits per heavy atom. The Labute approximate surface area is 80.2 Å². The smallest absolute Gasteiger partial charge is 0.317 e. The van der Waals surface area contributed by atoms with E-state index in [1.807, 2.05) is 0 Å². The number of oxime groups is 1. The number of rotatable bonds is 1. The molecule has 1 aromatic rings. The van der Waals surface area contributed by atoms with Gasteiger partial charge in [0.15, 0.2) is 0 Å². The van der Waals surface area contributed by atoms with Gasteiger partial charge in [0.05, 0.1) is 0 Å². The van der Waals surface area contributed by atoms with Gasteiger partial charge in [-0.1, -0.05) is 17.3 Å². The predicted molar refractivity (Wildman–Crippen MR) is 48.2 cm³/mol. The van der Waals surface area contributed by atoms with Crippen molar-refractivity contribution < 1.29 is 14.0 Å². The van der Waals surface area contributed by atoms with Crippen LogP contribution in [0.2, 0.25) is 0 Å². The van der Waals surface area contributed by atoms with Crippen molar-refractivity contribution in [1.82, 2.24) is 0 Å². The Hall–Kier alpha value is -1.71. The Kier molecular flexibility index (Phi) is 2.04. The molecule has 1 unspecified atom stereocenters. The van der Waals surface area contributed by atoms with Gasteiger partial charge in [-0.3, -0.25) is 0 Å². The largest absolute Gasteiger partial charge is 0.343 e. The molecule has 1 heterocycles. The monoisotopic (exact) mass is 193 g/mol. The van der Waals surface area contributed by atoms with Gasteiger partial charge in [0.2, 0.25) is 0 Å². The third kappa shape index (κ3) is 1.39. The highest BCUT2D eigenvalue weighted by atomic mass is 19.1. The number of hydrogen-bond acceptors (Lipinski definition) is 3. The maximum absolute atomic E-state index is 12.6. The number of benzene rings is 1. The first-order valence-electron chi connectivity index (χ1n) is 4.23. The Bertz CT molecular complexity index is 397. The lowest BCUT2D eigenvalue weighted by molar-refractivity contribution is -0.142. The van der Waals surface area contributed by atoms with Crippen molar-refractivity contribution in [3.05, 3.63) is 35.6 Å². The number of carbonyl (C=O) groups is 1. The van der Waals surface area contributed by atoms with Gasteiger partial charge in [-0.15, -0.1) is 0 Å². The van der Waals surface area contributed by atoms with Gasteiger partial charge in [0.1, 0.15) is 17.4 Å². The van der Waals surface area contributed by atoms with Crippen molar-refractivity contribution in [2.75, 3.05) is 0 Å². The van der Waals surface area contributed by atoms with E-state index in [1.54, 1.807) is 19.1 Å². The van der Waals surface area contributed by atoms with E-state index < -0.39 is 0 Å². The summed E-state index contributed by atoms with van der Waals surface area (Å²) in [5, 5.41) is 3.64. The standard InChI is InChI=1S/C10H8FNO2/c1-6-9(12-14-10(6)13)7-2-4-8(11)5-3-7/h2-6H,1H3. The van der Waals surface area contributed by atoms with E-state index in [2.05, 4.69) is 9.99 Å². The topological polar surface area (TPSA) is 38.7 Å². The molecule has 0 spiro atoms. The second-order valence-electron chi connectivity index (χ2n) is 3.12. The van der Waals surface area contributed by atoms with Crippen molar-refractivity contribution in [1.29, 1.82) is 0 Å². The van der Waals surface area contributed by atoms with Gasteiger partial charge in [0, 0.05) is 5.56 Å².